The summed E-state index contributed by atoms with van der Waals surface area (Å²) in [6.45, 7) is 5.67. The van der Waals surface area contributed by atoms with Crippen molar-refractivity contribution in [3.8, 4) is 0 Å². The Kier molecular flexibility index (Phi) is 2.20. The minimum atomic E-state index is 0.664. The molecule has 1 rings (SSSR count). The Morgan fingerprint density at radius 3 is 2.55 bits per heavy atom. The minimum absolute atomic E-state index is 0.664. The summed E-state index contributed by atoms with van der Waals surface area (Å²) >= 11 is 5.88. The smallest absolute Gasteiger partial charge is 0.0501 e. The van der Waals surface area contributed by atoms with Crippen LogP contribution in [0.3, 0.4) is 0 Å². The summed E-state index contributed by atoms with van der Waals surface area (Å²) in [5.41, 5.74) is 8.11. The summed E-state index contributed by atoms with van der Waals surface area (Å²) in [4.78, 5) is 0. The van der Waals surface area contributed by atoms with Crippen LogP contribution in [0.4, 0.5) is 5.69 Å². The molecule has 0 bridgehead atoms. The lowest BCUT2D eigenvalue weighted by molar-refractivity contribution is 1.57. The third-order valence-electron chi connectivity index (χ3n) is 1.47. The lowest BCUT2D eigenvalue weighted by Gasteiger charge is -2.05. The molecule has 2 N–H and O–H groups in total. The average molecular weight is 168 g/mol. The molecule has 0 radical (unpaired) electrons. The second-order valence-corrected chi connectivity index (χ2v) is 2.89. The van der Waals surface area contributed by atoms with E-state index in [1.54, 1.807) is 0 Å². The van der Waals surface area contributed by atoms with Crippen molar-refractivity contribution in [3.63, 3.8) is 0 Å². The van der Waals surface area contributed by atoms with Gasteiger partial charge < -0.3 is 5.73 Å². The van der Waals surface area contributed by atoms with Gasteiger partial charge in [-0.2, -0.15) is 0 Å². The van der Waals surface area contributed by atoms with Crippen LogP contribution in [0.25, 0.3) is 5.57 Å². The Morgan fingerprint density at radius 1 is 1.55 bits per heavy atom. The summed E-state index contributed by atoms with van der Waals surface area (Å²) in [6.07, 6.45) is 0. The van der Waals surface area contributed by atoms with Gasteiger partial charge in [-0.3, -0.25) is 0 Å². The van der Waals surface area contributed by atoms with E-state index in [1.807, 2.05) is 25.1 Å². The molecule has 0 fully saturated rings. The molecule has 0 saturated carbocycles. The zero-order chi connectivity index (χ0) is 8.43. The van der Waals surface area contributed by atoms with Crippen molar-refractivity contribution < 1.29 is 0 Å². The van der Waals surface area contributed by atoms with Crippen LogP contribution in [0.5, 0.6) is 0 Å². The molecule has 11 heavy (non-hydrogen) atoms. The van der Waals surface area contributed by atoms with E-state index in [0.29, 0.717) is 10.7 Å². The second-order valence-electron chi connectivity index (χ2n) is 2.48. The highest BCUT2D eigenvalue weighted by molar-refractivity contribution is 6.32. The van der Waals surface area contributed by atoms with E-state index in [-0.39, 0.29) is 0 Å². The van der Waals surface area contributed by atoms with Crippen LogP contribution in [-0.2, 0) is 0 Å². The first-order chi connectivity index (χ1) is 5.13. The first-order valence-corrected chi connectivity index (χ1v) is 3.70. The maximum absolute atomic E-state index is 5.88. The first-order valence-electron chi connectivity index (χ1n) is 3.33. The zero-order valence-corrected chi connectivity index (χ0v) is 7.15. The highest BCUT2D eigenvalue weighted by Gasteiger charge is 2.03. The average Bonchev–Trinajstić information content (AvgIpc) is 1.85. The van der Waals surface area contributed by atoms with Crippen molar-refractivity contribution in [3.05, 3.63) is 35.4 Å². The van der Waals surface area contributed by atoms with E-state index >= 15 is 0 Å². The first kappa shape index (κ1) is 8.15. The fraction of sp³-hybridized carbons (Fsp3) is 0.111. The molecule has 0 aliphatic carbocycles. The van der Waals surface area contributed by atoms with Crippen molar-refractivity contribution >= 4 is 22.9 Å². The summed E-state index contributed by atoms with van der Waals surface area (Å²) in [5, 5.41) is 0.664. The van der Waals surface area contributed by atoms with E-state index in [2.05, 4.69) is 6.58 Å². The molecule has 1 aromatic carbocycles. The van der Waals surface area contributed by atoms with Crippen molar-refractivity contribution in [2.24, 2.45) is 0 Å². The van der Waals surface area contributed by atoms with E-state index in [4.69, 9.17) is 17.3 Å². The second kappa shape index (κ2) is 2.97. The van der Waals surface area contributed by atoms with Crippen molar-refractivity contribution in [2.75, 3.05) is 5.73 Å². The monoisotopic (exact) mass is 167 g/mol. The number of anilines is 1. The van der Waals surface area contributed by atoms with Gasteiger partial charge in [0.15, 0.2) is 0 Å². The number of nitrogens with two attached hydrogens (primary N) is 1. The third-order valence-corrected chi connectivity index (χ3v) is 1.79. The highest BCUT2D eigenvalue weighted by atomic mass is 35.5. The van der Waals surface area contributed by atoms with Gasteiger partial charge in [0.2, 0.25) is 0 Å². The van der Waals surface area contributed by atoms with Crippen LogP contribution >= 0.6 is 11.6 Å². The van der Waals surface area contributed by atoms with E-state index in [0.717, 1.165) is 11.1 Å². The predicted octanol–water partition coefficient (Wildman–Crippen LogP) is 2.96. The number of halogens is 1. The molecule has 1 aromatic rings. The van der Waals surface area contributed by atoms with Gasteiger partial charge in [-0.25, -0.2) is 0 Å². The SMILES string of the molecule is C=C(C)c1c(N)cccc1Cl. The van der Waals surface area contributed by atoms with Crippen molar-refractivity contribution in [2.45, 2.75) is 6.92 Å². The number of hydrogen-bond acceptors (Lipinski definition) is 1. The van der Waals surface area contributed by atoms with E-state index < -0.39 is 0 Å². The van der Waals surface area contributed by atoms with Crippen LogP contribution in [0.15, 0.2) is 24.8 Å². The molecular weight excluding hydrogens is 158 g/mol. The van der Waals surface area contributed by atoms with E-state index in [9.17, 15) is 0 Å². The molecule has 0 aliphatic rings. The summed E-state index contributed by atoms with van der Waals surface area (Å²) in [5.74, 6) is 0. The van der Waals surface area contributed by atoms with Crippen LogP contribution < -0.4 is 5.73 Å². The lowest BCUT2D eigenvalue weighted by Crippen LogP contribution is -1.91. The van der Waals surface area contributed by atoms with Gasteiger partial charge in [0.1, 0.15) is 0 Å². The normalized spacial score (nSPS) is 9.64. The van der Waals surface area contributed by atoms with Gasteiger partial charge in [0.25, 0.3) is 0 Å². The quantitative estimate of drug-likeness (QED) is 0.640. The summed E-state index contributed by atoms with van der Waals surface area (Å²) < 4.78 is 0. The molecule has 58 valence electrons. The van der Waals surface area contributed by atoms with Crippen LogP contribution in [0.1, 0.15) is 12.5 Å². The van der Waals surface area contributed by atoms with Gasteiger partial charge in [-0.15, -0.1) is 0 Å². The molecule has 0 amide bonds. The Hall–Kier alpha value is -0.950. The Bertz CT molecular complexity index is 271. The predicted molar refractivity (Wildman–Crippen MR) is 50.6 cm³/mol. The molecule has 0 heterocycles. The lowest BCUT2D eigenvalue weighted by atomic mass is 10.1. The topological polar surface area (TPSA) is 26.0 Å². The number of allylic oxidation sites excluding steroid dienone is 1. The zero-order valence-electron chi connectivity index (χ0n) is 6.39. The molecule has 0 spiro atoms. The Morgan fingerprint density at radius 2 is 2.18 bits per heavy atom. The van der Waals surface area contributed by atoms with Crippen molar-refractivity contribution in [1.82, 2.24) is 0 Å². The molecule has 0 aromatic heterocycles. The minimum Gasteiger partial charge on any atom is -0.398 e. The molecular formula is C9H10ClN. The fourth-order valence-electron chi connectivity index (χ4n) is 0.991. The summed E-state index contributed by atoms with van der Waals surface area (Å²) in [6, 6.07) is 5.45. The van der Waals surface area contributed by atoms with Gasteiger partial charge in [0.05, 0.1) is 5.02 Å². The van der Waals surface area contributed by atoms with Gasteiger partial charge in [-0.05, 0) is 24.6 Å². The fourth-order valence-corrected chi connectivity index (χ4v) is 1.33. The molecule has 0 aliphatic heterocycles. The van der Waals surface area contributed by atoms with Crippen molar-refractivity contribution in [1.29, 1.82) is 0 Å². The molecule has 0 atom stereocenters. The van der Waals surface area contributed by atoms with Crippen LogP contribution in [0.2, 0.25) is 5.02 Å². The molecule has 1 nitrogen and oxygen atoms in total. The number of benzene rings is 1. The largest absolute Gasteiger partial charge is 0.398 e. The van der Waals surface area contributed by atoms with Gasteiger partial charge in [-0.1, -0.05) is 24.2 Å². The van der Waals surface area contributed by atoms with Gasteiger partial charge >= 0.3 is 0 Å². The highest BCUT2D eigenvalue weighted by Crippen LogP contribution is 2.27. The maximum Gasteiger partial charge on any atom is 0.0501 e. The van der Waals surface area contributed by atoms with E-state index in [1.165, 1.54) is 0 Å². The maximum atomic E-state index is 5.88. The van der Waals surface area contributed by atoms with Crippen LogP contribution in [0, 0.1) is 0 Å². The third kappa shape index (κ3) is 1.55. The molecule has 0 saturated heterocycles. The Labute approximate surface area is 71.5 Å². The van der Waals surface area contributed by atoms with Gasteiger partial charge in [0, 0.05) is 11.3 Å². The Balaban J connectivity index is 3.32. The summed E-state index contributed by atoms with van der Waals surface area (Å²) in [7, 11) is 0. The number of hydrogen-bond donors (Lipinski definition) is 1. The molecule has 0 unspecified atom stereocenters. The number of rotatable bonds is 1. The molecule has 2 heteroatoms. The number of nitrogen functional groups attached to an aromatic ring is 1. The standard InChI is InChI=1S/C9H10ClN/c1-6(2)9-7(10)4-3-5-8(9)11/h3-5H,1,11H2,2H3. The van der Waals surface area contributed by atoms with Crippen LogP contribution in [-0.4, -0.2) is 0 Å².